The smallest absolute Gasteiger partial charge is 0.0737 e. The SMILES string of the molecule is CNC1CCCN(c2ccnc3cc(Cl)ccc23)C1. The molecule has 0 amide bonds. The van der Waals surface area contributed by atoms with E-state index in [2.05, 4.69) is 27.3 Å². The molecule has 0 saturated carbocycles. The molecule has 0 radical (unpaired) electrons. The lowest BCUT2D eigenvalue weighted by molar-refractivity contribution is 0.450. The Hall–Kier alpha value is -1.32. The second-order valence-corrected chi connectivity index (χ2v) is 5.50. The lowest BCUT2D eigenvalue weighted by Gasteiger charge is -2.34. The Morgan fingerprint density at radius 2 is 2.26 bits per heavy atom. The van der Waals surface area contributed by atoms with Crippen LogP contribution in [0, 0.1) is 0 Å². The molecule has 19 heavy (non-hydrogen) atoms. The minimum Gasteiger partial charge on any atom is -0.369 e. The first-order valence-electron chi connectivity index (χ1n) is 6.74. The van der Waals surface area contributed by atoms with E-state index in [1.807, 2.05) is 25.4 Å². The number of pyridine rings is 1. The Balaban J connectivity index is 2.00. The minimum atomic E-state index is 0.573. The van der Waals surface area contributed by atoms with E-state index in [9.17, 15) is 0 Å². The van der Waals surface area contributed by atoms with Crippen molar-refractivity contribution in [2.24, 2.45) is 0 Å². The molecule has 2 heterocycles. The molecule has 1 aliphatic heterocycles. The first-order valence-corrected chi connectivity index (χ1v) is 7.12. The molecule has 1 aromatic carbocycles. The number of halogens is 1. The second-order valence-electron chi connectivity index (χ2n) is 5.07. The van der Waals surface area contributed by atoms with Crippen LogP contribution in [0.1, 0.15) is 12.8 Å². The van der Waals surface area contributed by atoms with Crippen molar-refractivity contribution in [2.75, 3.05) is 25.0 Å². The van der Waals surface area contributed by atoms with Gasteiger partial charge in [0.05, 0.1) is 5.52 Å². The van der Waals surface area contributed by atoms with E-state index in [1.165, 1.54) is 23.9 Å². The number of hydrogen-bond donors (Lipinski definition) is 1. The van der Waals surface area contributed by atoms with Gasteiger partial charge in [0.15, 0.2) is 0 Å². The van der Waals surface area contributed by atoms with Crippen molar-refractivity contribution in [3.05, 3.63) is 35.5 Å². The molecule has 3 nitrogen and oxygen atoms in total. The highest BCUT2D eigenvalue weighted by Crippen LogP contribution is 2.29. The standard InChI is InChI=1S/C15H18ClN3/c1-17-12-3-2-8-19(10-12)15-6-7-18-14-9-11(16)4-5-13(14)15/h4-7,9,12,17H,2-3,8,10H2,1H3. The van der Waals surface area contributed by atoms with Crippen LogP contribution in [0.4, 0.5) is 5.69 Å². The Morgan fingerprint density at radius 1 is 1.37 bits per heavy atom. The first kappa shape index (κ1) is 12.7. The molecule has 0 spiro atoms. The predicted octanol–water partition coefficient (Wildman–Crippen LogP) is 3.08. The summed E-state index contributed by atoms with van der Waals surface area (Å²) in [5, 5.41) is 5.31. The van der Waals surface area contributed by atoms with Crippen LogP contribution >= 0.6 is 11.6 Å². The fraction of sp³-hybridized carbons (Fsp3) is 0.400. The second kappa shape index (κ2) is 5.35. The molecule has 0 aliphatic carbocycles. The zero-order valence-corrected chi connectivity index (χ0v) is 11.8. The van der Waals surface area contributed by atoms with Gasteiger partial charge in [0.2, 0.25) is 0 Å². The third-order valence-electron chi connectivity index (χ3n) is 3.85. The van der Waals surface area contributed by atoms with E-state index in [0.717, 1.165) is 23.6 Å². The van der Waals surface area contributed by atoms with E-state index >= 15 is 0 Å². The fourth-order valence-corrected chi connectivity index (χ4v) is 2.98. The van der Waals surface area contributed by atoms with Crippen molar-refractivity contribution >= 4 is 28.2 Å². The monoisotopic (exact) mass is 275 g/mol. The zero-order chi connectivity index (χ0) is 13.2. The summed E-state index contributed by atoms with van der Waals surface area (Å²) < 4.78 is 0. The van der Waals surface area contributed by atoms with Gasteiger partial charge in [-0.2, -0.15) is 0 Å². The molecule has 1 unspecified atom stereocenters. The van der Waals surface area contributed by atoms with Gasteiger partial charge in [-0.1, -0.05) is 11.6 Å². The van der Waals surface area contributed by atoms with Gasteiger partial charge in [0.1, 0.15) is 0 Å². The van der Waals surface area contributed by atoms with Crippen LogP contribution in [0.5, 0.6) is 0 Å². The van der Waals surface area contributed by atoms with Crippen molar-refractivity contribution in [1.29, 1.82) is 0 Å². The van der Waals surface area contributed by atoms with Gasteiger partial charge >= 0.3 is 0 Å². The lowest BCUT2D eigenvalue weighted by atomic mass is 10.0. The molecule has 100 valence electrons. The molecule has 4 heteroatoms. The van der Waals surface area contributed by atoms with Crippen molar-refractivity contribution in [2.45, 2.75) is 18.9 Å². The molecule has 3 rings (SSSR count). The lowest BCUT2D eigenvalue weighted by Crippen LogP contribution is -2.44. The number of nitrogens with one attached hydrogen (secondary N) is 1. The topological polar surface area (TPSA) is 28.2 Å². The number of rotatable bonds is 2. The Kier molecular flexibility index (Phi) is 3.58. The molecular formula is C15H18ClN3. The minimum absolute atomic E-state index is 0.573. The van der Waals surface area contributed by atoms with Gasteiger partial charge in [-0.25, -0.2) is 0 Å². The van der Waals surface area contributed by atoms with Crippen LogP contribution in [-0.4, -0.2) is 31.2 Å². The van der Waals surface area contributed by atoms with Crippen molar-refractivity contribution in [3.8, 4) is 0 Å². The Morgan fingerprint density at radius 3 is 3.11 bits per heavy atom. The number of nitrogens with zero attached hydrogens (tertiary/aromatic N) is 2. The maximum atomic E-state index is 6.04. The Labute approximate surface area is 118 Å². The van der Waals surface area contributed by atoms with Crippen molar-refractivity contribution in [1.82, 2.24) is 10.3 Å². The summed E-state index contributed by atoms with van der Waals surface area (Å²) >= 11 is 6.04. The van der Waals surface area contributed by atoms with E-state index in [1.54, 1.807) is 0 Å². The number of fused-ring (bicyclic) bond motifs is 1. The molecule has 1 aromatic heterocycles. The molecular weight excluding hydrogens is 258 g/mol. The predicted molar refractivity (Wildman–Crippen MR) is 81.0 cm³/mol. The third kappa shape index (κ3) is 2.53. The van der Waals surface area contributed by atoms with Gasteiger partial charge < -0.3 is 10.2 Å². The maximum absolute atomic E-state index is 6.04. The summed E-state index contributed by atoms with van der Waals surface area (Å²) in [7, 11) is 2.04. The van der Waals surface area contributed by atoms with Gasteiger partial charge in [0.25, 0.3) is 0 Å². The molecule has 1 aliphatic rings. The van der Waals surface area contributed by atoms with Gasteiger partial charge in [-0.15, -0.1) is 0 Å². The van der Waals surface area contributed by atoms with Crippen LogP contribution in [0.3, 0.4) is 0 Å². The van der Waals surface area contributed by atoms with Crippen molar-refractivity contribution in [3.63, 3.8) is 0 Å². The van der Waals surface area contributed by atoms with Crippen LogP contribution in [0.25, 0.3) is 10.9 Å². The highest BCUT2D eigenvalue weighted by atomic mass is 35.5. The highest BCUT2D eigenvalue weighted by Gasteiger charge is 2.20. The van der Waals surface area contributed by atoms with E-state index in [-0.39, 0.29) is 0 Å². The Bertz CT molecular complexity index is 585. The largest absolute Gasteiger partial charge is 0.369 e. The number of hydrogen-bond acceptors (Lipinski definition) is 3. The summed E-state index contributed by atoms with van der Waals surface area (Å²) in [5.74, 6) is 0. The highest BCUT2D eigenvalue weighted by molar-refractivity contribution is 6.31. The van der Waals surface area contributed by atoms with Gasteiger partial charge in [-0.05, 0) is 44.2 Å². The summed E-state index contributed by atoms with van der Waals surface area (Å²) in [6, 6.07) is 8.62. The normalized spacial score (nSPS) is 19.9. The quantitative estimate of drug-likeness (QED) is 0.913. The average Bonchev–Trinajstić information content (AvgIpc) is 2.46. The number of piperidine rings is 1. The average molecular weight is 276 g/mol. The summed E-state index contributed by atoms with van der Waals surface area (Å²) in [6.07, 6.45) is 4.35. The number of benzene rings is 1. The summed E-state index contributed by atoms with van der Waals surface area (Å²) in [4.78, 5) is 6.86. The summed E-state index contributed by atoms with van der Waals surface area (Å²) in [6.45, 7) is 2.16. The molecule has 2 aromatic rings. The van der Waals surface area contributed by atoms with Crippen LogP contribution in [0.2, 0.25) is 5.02 Å². The number of likely N-dealkylation sites (N-methyl/N-ethyl adjacent to an activating group) is 1. The van der Waals surface area contributed by atoms with Gasteiger partial charge in [0, 0.05) is 41.4 Å². The molecule has 1 N–H and O–H groups in total. The number of anilines is 1. The van der Waals surface area contributed by atoms with Crippen LogP contribution < -0.4 is 10.2 Å². The summed E-state index contributed by atoms with van der Waals surface area (Å²) in [5.41, 5.74) is 2.23. The maximum Gasteiger partial charge on any atom is 0.0737 e. The van der Waals surface area contributed by atoms with Crippen molar-refractivity contribution < 1.29 is 0 Å². The molecule has 1 fully saturated rings. The molecule has 0 bridgehead atoms. The van der Waals surface area contributed by atoms with Crippen LogP contribution in [0.15, 0.2) is 30.5 Å². The molecule has 1 saturated heterocycles. The zero-order valence-electron chi connectivity index (χ0n) is 11.1. The number of aromatic nitrogens is 1. The van der Waals surface area contributed by atoms with E-state index in [4.69, 9.17) is 11.6 Å². The van der Waals surface area contributed by atoms with Crippen LogP contribution in [-0.2, 0) is 0 Å². The van der Waals surface area contributed by atoms with Gasteiger partial charge in [-0.3, -0.25) is 4.98 Å². The fourth-order valence-electron chi connectivity index (χ4n) is 2.81. The third-order valence-corrected chi connectivity index (χ3v) is 4.09. The first-order chi connectivity index (χ1) is 9.28. The van der Waals surface area contributed by atoms with E-state index in [0.29, 0.717) is 6.04 Å². The van der Waals surface area contributed by atoms with E-state index < -0.39 is 0 Å². The molecule has 1 atom stereocenters.